The second kappa shape index (κ2) is 5.11. The van der Waals surface area contributed by atoms with E-state index < -0.39 is 0 Å². The predicted octanol–water partition coefficient (Wildman–Crippen LogP) is 0.00240. The zero-order valence-electron chi connectivity index (χ0n) is 9.55. The van der Waals surface area contributed by atoms with Crippen LogP contribution < -0.4 is 15.8 Å². The third-order valence-corrected chi connectivity index (χ3v) is 2.67. The van der Waals surface area contributed by atoms with Crippen LogP contribution in [0, 0.1) is 5.92 Å². The van der Waals surface area contributed by atoms with Gasteiger partial charge < -0.3 is 20.5 Å². The van der Waals surface area contributed by atoms with Crippen LogP contribution in [0.5, 0.6) is 5.88 Å². The van der Waals surface area contributed by atoms with Crippen LogP contribution in [-0.4, -0.2) is 37.3 Å². The summed E-state index contributed by atoms with van der Waals surface area (Å²) in [5, 5.41) is 2.75. The molecule has 1 fully saturated rings. The second-order valence-corrected chi connectivity index (χ2v) is 3.89. The lowest BCUT2D eigenvalue weighted by atomic mass is 10.0. The lowest BCUT2D eigenvalue weighted by Gasteiger charge is -2.13. The molecule has 1 aliphatic rings. The molecule has 0 spiro atoms. The monoisotopic (exact) mass is 237 g/mol. The first-order chi connectivity index (χ1) is 8.20. The third-order valence-electron chi connectivity index (χ3n) is 2.67. The molecule has 0 bridgehead atoms. The van der Waals surface area contributed by atoms with Gasteiger partial charge in [0, 0.05) is 12.1 Å². The van der Waals surface area contributed by atoms with E-state index in [2.05, 4.69) is 10.3 Å². The highest BCUT2D eigenvalue weighted by molar-refractivity contribution is 5.93. The molecule has 92 valence electrons. The van der Waals surface area contributed by atoms with Gasteiger partial charge in [-0.2, -0.15) is 0 Å². The average molecular weight is 237 g/mol. The van der Waals surface area contributed by atoms with E-state index in [0.29, 0.717) is 24.8 Å². The van der Waals surface area contributed by atoms with Crippen molar-refractivity contribution in [2.75, 3.05) is 25.6 Å². The van der Waals surface area contributed by atoms with E-state index in [-0.39, 0.29) is 17.9 Å². The number of carbonyl (C=O) groups is 1. The molecule has 1 saturated heterocycles. The van der Waals surface area contributed by atoms with Gasteiger partial charge >= 0.3 is 0 Å². The predicted molar refractivity (Wildman–Crippen MR) is 61.7 cm³/mol. The summed E-state index contributed by atoms with van der Waals surface area (Å²) in [7, 11) is 1.54. The lowest BCUT2D eigenvalue weighted by Crippen LogP contribution is -2.37. The van der Waals surface area contributed by atoms with Crippen LogP contribution in [0.2, 0.25) is 0 Å². The Hall–Kier alpha value is -1.66. The van der Waals surface area contributed by atoms with E-state index in [1.807, 2.05) is 0 Å². The minimum atomic E-state index is -0.294. The van der Waals surface area contributed by atoms with Crippen molar-refractivity contribution in [2.24, 2.45) is 11.7 Å². The van der Waals surface area contributed by atoms with Gasteiger partial charge in [0.25, 0.3) is 0 Å². The van der Waals surface area contributed by atoms with E-state index in [9.17, 15) is 4.79 Å². The van der Waals surface area contributed by atoms with E-state index in [1.54, 1.807) is 12.1 Å². The SMILES string of the molecule is COc1ccc(NC(=O)C2COCC2N)cn1. The molecule has 6 nitrogen and oxygen atoms in total. The summed E-state index contributed by atoms with van der Waals surface area (Å²) in [6, 6.07) is 3.17. The van der Waals surface area contributed by atoms with Crippen LogP contribution in [0.3, 0.4) is 0 Å². The van der Waals surface area contributed by atoms with Crippen LogP contribution in [0.15, 0.2) is 18.3 Å². The molecule has 0 aromatic carbocycles. The molecule has 0 radical (unpaired) electrons. The van der Waals surface area contributed by atoms with E-state index in [0.717, 1.165) is 0 Å². The summed E-state index contributed by atoms with van der Waals surface area (Å²) in [5.41, 5.74) is 6.38. The van der Waals surface area contributed by atoms with Crippen LogP contribution in [0.1, 0.15) is 0 Å². The van der Waals surface area contributed by atoms with Gasteiger partial charge in [-0.1, -0.05) is 0 Å². The molecule has 6 heteroatoms. The maximum Gasteiger partial charge on any atom is 0.231 e. The molecule has 2 unspecified atom stereocenters. The van der Waals surface area contributed by atoms with Gasteiger partial charge in [0.2, 0.25) is 11.8 Å². The molecule has 2 rings (SSSR count). The van der Waals surface area contributed by atoms with Crippen molar-refractivity contribution >= 4 is 11.6 Å². The quantitative estimate of drug-likeness (QED) is 0.773. The molecular weight excluding hydrogens is 222 g/mol. The maximum absolute atomic E-state index is 11.8. The molecule has 2 atom stereocenters. The number of anilines is 1. The Kier molecular flexibility index (Phi) is 3.55. The fraction of sp³-hybridized carbons (Fsp3) is 0.455. The summed E-state index contributed by atoms with van der Waals surface area (Å²) in [4.78, 5) is 15.8. The number of amides is 1. The zero-order chi connectivity index (χ0) is 12.3. The van der Waals surface area contributed by atoms with Gasteiger partial charge in [-0.3, -0.25) is 4.79 Å². The van der Waals surface area contributed by atoms with Crippen LogP contribution in [0.4, 0.5) is 5.69 Å². The normalized spacial score (nSPS) is 23.4. The molecule has 1 aromatic heterocycles. The van der Waals surface area contributed by atoms with Gasteiger partial charge in [0.1, 0.15) is 0 Å². The van der Waals surface area contributed by atoms with Crippen molar-refractivity contribution in [1.29, 1.82) is 0 Å². The van der Waals surface area contributed by atoms with Crippen molar-refractivity contribution in [3.63, 3.8) is 0 Å². The van der Waals surface area contributed by atoms with Crippen molar-refractivity contribution < 1.29 is 14.3 Å². The molecule has 1 amide bonds. The molecule has 3 N–H and O–H groups in total. The maximum atomic E-state index is 11.8. The second-order valence-electron chi connectivity index (χ2n) is 3.89. The smallest absolute Gasteiger partial charge is 0.231 e. The van der Waals surface area contributed by atoms with Crippen molar-refractivity contribution in [2.45, 2.75) is 6.04 Å². The fourth-order valence-corrected chi connectivity index (χ4v) is 1.65. The Morgan fingerprint density at radius 3 is 2.94 bits per heavy atom. The molecule has 1 aromatic rings. The highest BCUT2D eigenvalue weighted by Gasteiger charge is 2.31. The largest absolute Gasteiger partial charge is 0.481 e. The topological polar surface area (TPSA) is 86.5 Å². The van der Waals surface area contributed by atoms with E-state index in [1.165, 1.54) is 13.3 Å². The molecule has 0 aliphatic carbocycles. The fourth-order valence-electron chi connectivity index (χ4n) is 1.65. The van der Waals surface area contributed by atoms with Crippen molar-refractivity contribution in [3.05, 3.63) is 18.3 Å². The van der Waals surface area contributed by atoms with Crippen LogP contribution in [0.25, 0.3) is 0 Å². The van der Waals surface area contributed by atoms with Gasteiger partial charge in [-0.25, -0.2) is 4.98 Å². The van der Waals surface area contributed by atoms with Crippen molar-refractivity contribution in [3.8, 4) is 5.88 Å². The average Bonchev–Trinajstić information content (AvgIpc) is 2.76. The summed E-state index contributed by atoms with van der Waals surface area (Å²) in [6.45, 7) is 0.801. The first kappa shape index (κ1) is 11.8. The van der Waals surface area contributed by atoms with Crippen molar-refractivity contribution in [1.82, 2.24) is 4.98 Å². The highest BCUT2D eigenvalue weighted by atomic mass is 16.5. The standard InChI is InChI=1S/C11H15N3O3/c1-16-10-3-2-7(4-13-10)14-11(15)8-5-17-6-9(8)12/h2-4,8-9H,5-6,12H2,1H3,(H,14,15). The molecule has 1 aliphatic heterocycles. The number of hydrogen-bond donors (Lipinski definition) is 2. The third kappa shape index (κ3) is 2.72. The summed E-state index contributed by atoms with van der Waals surface area (Å²) >= 11 is 0. The van der Waals surface area contributed by atoms with Crippen LogP contribution >= 0.6 is 0 Å². The Morgan fingerprint density at radius 2 is 2.41 bits per heavy atom. The lowest BCUT2D eigenvalue weighted by molar-refractivity contribution is -0.120. The number of rotatable bonds is 3. The van der Waals surface area contributed by atoms with Gasteiger partial charge in [-0.05, 0) is 6.07 Å². The molecular formula is C11H15N3O3. The minimum absolute atomic E-state index is 0.137. The number of nitrogens with two attached hydrogens (primary N) is 1. The van der Waals surface area contributed by atoms with Gasteiger partial charge in [0.15, 0.2) is 0 Å². The summed E-state index contributed by atoms with van der Waals surface area (Å²) in [5.74, 6) is 0.0722. The van der Waals surface area contributed by atoms with E-state index in [4.69, 9.17) is 15.2 Å². The zero-order valence-corrected chi connectivity index (χ0v) is 9.55. The Morgan fingerprint density at radius 1 is 1.59 bits per heavy atom. The Bertz CT molecular complexity index is 393. The number of methoxy groups -OCH3 is 1. The van der Waals surface area contributed by atoms with Gasteiger partial charge in [-0.15, -0.1) is 0 Å². The number of nitrogens with one attached hydrogen (secondary N) is 1. The van der Waals surface area contributed by atoms with Gasteiger partial charge in [0.05, 0.1) is 38.1 Å². The van der Waals surface area contributed by atoms with E-state index >= 15 is 0 Å². The Labute approximate surface area is 99.1 Å². The first-order valence-corrected chi connectivity index (χ1v) is 5.35. The molecule has 2 heterocycles. The number of ether oxygens (including phenoxy) is 2. The number of carbonyl (C=O) groups excluding carboxylic acids is 1. The molecule has 17 heavy (non-hydrogen) atoms. The molecule has 0 saturated carbocycles. The minimum Gasteiger partial charge on any atom is -0.481 e. The van der Waals surface area contributed by atoms with Crippen LogP contribution in [-0.2, 0) is 9.53 Å². The number of pyridine rings is 1. The first-order valence-electron chi connectivity index (χ1n) is 5.35. The Balaban J connectivity index is 1.97. The number of aromatic nitrogens is 1. The summed E-state index contributed by atoms with van der Waals surface area (Å²) in [6.07, 6.45) is 1.54. The number of nitrogens with zero attached hydrogens (tertiary/aromatic N) is 1. The number of hydrogen-bond acceptors (Lipinski definition) is 5. The highest BCUT2D eigenvalue weighted by Crippen LogP contribution is 2.16. The summed E-state index contributed by atoms with van der Waals surface area (Å²) < 4.78 is 10.1.